The second-order valence-electron chi connectivity index (χ2n) is 5.95. The highest BCUT2D eigenvalue weighted by atomic mass is 19.4. The molecule has 0 bridgehead atoms. The largest absolute Gasteiger partial charge is 0.411 e. The van der Waals surface area contributed by atoms with Gasteiger partial charge in [0.2, 0.25) is 0 Å². The molecule has 0 aromatic carbocycles. The van der Waals surface area contributed by atoms with Crippen LogP contribution in [-0.2, 0) is 18.9 Å². The average Bonchev–Trinajstić information content (AvgIpc) is 2.47. The fraction of sp³-hybridized carbons (Fsp3) is 1.00. The molecule has 0 aromatic rings. The van der Waals surface area contributed by atoms with E-state index < -0.39 is 70.2 Å². The molecule has 170 valence electrons. The van der Waals surface area contributed by atoms with Crippen molar-refractivity contribution in [2.24, 2.45) is 5.41 Å². The van der Waals surface area contributed by atoms with Gasteiger partial charge in [0, 0.05) is 13.2 Å². The van der Waals surface area contributed by atoms with Gasteiger partial charge in [-0.05, 0) is 6.42 Å². The second-order valence-corrected chi connectivity index (χ2v) is 5.95. The Morgan fingerprint density at radius 2 is 0.821 bits per heavy atom. The topological polar surface area (TPSA) is 57.2 Å². The van der Waals surface area contributed by atoms with Crippen molar-refractivity contribution in [2.45, 2.75) is 24.9 Å². The Hall–Kier alpha value is -0.830. The molecule has 28 heavy (non-hydrogen) atoms. The standard InChI is InChI=1S/C14H21F9O5/c15-12(16,17)8-26-5-11(4-25-3-1-2-24,6-27-9-13(18,19)20)7-28-10-14(21,22)23/h24H,1-10H2. The fourth-order valence-corrected chi connectivity index (χ4v) is 1.86. The van der Waals surface area contributed by atoms with Crippen LogP contribution >= 0.6 is 0 Å². The van der Waals surface area contributed by atoms with Gasteiger partial charge in [-0.25, -0.2) is 0 Å². The lowest BCUT2D eigenvalue weighted by atomic mass is 9.92. The van der Waals surface area contributed by atoms with E-state index in [2.05, 4.69) is 14.2 Å². The van der Waals surface area contributed by atoms with Gasteiger partial charge in [-0.2, -0.15) is 39.5 Å². The molecule has 14 heteroatoms. The van der Waals surface area contributed by atoms with Crippen LogP contribution in [0.1, 0.15) is 6.42 Å². The normalized spacial score (nSPS) is 13.9. The van der Waals surface area contributed by atoms with Crippen molar-refractivity contribution >= 4 is 0 Å². The maximum absolute atomic E-state index is 12.3. The van der Waals surface area contributed by atoms with Crippen molar-refractivity contribution in [3.63, 3.8) is 0 Å². The lowest BCUT2D eigenvalue weighted by Crippen LogP contribution is -2.44. The SMILES string of the molecule is OCCCOCC(COCC(F)(F)F)(COCC(F)(F)F)COCC(F)(F)F. The van der Waals surface area contributed by atoms with Crippen LogP contribution in [0.25, 0.3) is 0 Å². The second kappa shape index (κ2) is 12.0. The summed E-state index contributed by atoms with van der Waals surface area (Å²) in [7, 11) is 0. The van der Waals surface area contributed by atoms with Crippen molar-refractivity contribution in [3.8, 4) is 0 Å². The van der Waals surface area contributed by atoms with Gasteiger partial charge in [0.05, 0.1) is 31.8 Å². The van der Waals surface area contributed by atoms with E-state index >= 15 is 0 Å². The van der Waals surface area contributed by atoms with E-state index in [1.165, 1.54) is 0 Å². The zero-order chi connectivity index (χ0) is 21.9. The molecule has 0 aromatic heterocycles. The van der Waals surface area contributed by atoms with E-state index in [0.717, 1.165) is 0 Å². The Balaban J connectivity index is 5.10. The molecule has 0 amide bonds. The Bertz CT molecular complexity index is 359. The highest BCUT2D eigenvalue weighted by Gasteiger charge is 2.38. The van der Waals surface area contributed by atoms with Crippen LogP contribution in [0, 0.1) is 5.41 Å². The molecule has 0 radical (unpaired) electrons. The molecule has 5 nitrogen and oxygen atoms in total. The highest BCUT2D eigenvalue weighted by Crippen LogP contribution is 2.26. The van der Waals surface area contributed by atoms with Crippen LogP contribution in [0.15, 0.2) is 0 Å². The first-order chi connectivity index (χ1) is 12.7. The van der Waals surface area contributed by atoms with Crippen LogP contribution < -0.4 is 0 Å². The van der Waals surface area contributed by atoms with Gasteiger partial charge in [0.25, 0.3) is 0 Å². The minimum absolute atomic E-state index is 0.0896. The molecule has 0 aliphatic carbocycles. The third-order valence-electron chi connectivity index (χ3n) is 2.88. The zero-order valence-electron chi connectivity index (χ0n) is 14.6. The van der Waals surface area contributed by atoms with E-state index in [0.29, 0.717) is 0 Å². The number of alkyl halides is 9. The minimum atomic E-state index is -4.76. The van der Waals surface area contributed by atoms with Gasteiger partial charge in [-0.1, -0.05) is 0 Å². The summed E-state index contributed by atoms with van der Waals surface area (Å²) in [5.41, 5.74) is -1.86. The molecule has 0 spiro atoms. The quantitative estimate of drug-likeness (QED) is 0.332. The van der Waals surface area contributed by atoms with Crippen molar-refractivity contribution in [1.82, 2.24) is 0 Å². The van der Waals surface area contributed by atoms with E-state index in [9.17, 15) is 39.5 Å². The van der Waals surface area contributed by atoms with Gasteiger partial charge in [0.1, 0.15) is 19.8 Å². The first-order valence-corrected chi connectivity index (χ1v) is 7.80. The van der Waals surface area contributed by atoms with Crippen molar-refractivity contribution < 1.29 is 63.6 Å². The van der Waals surface area contributed by atoms with E-state index in [1.807, 2.05) is 0 Å². The van der Waals surface area contributed by atoms with Crippen LogP contribution in [0.4, 0.5) is 39.5 Å². The summed E-state index contributed by atoms with van der Waals surface area (Å²) in [6.07, 6.45) is -14.2. The molecule has 0 rings (SSSR count). The fourth-order valence-electron chi connectivity index (χ4n) is 1.86. The van der Waals surface area contributed by atoms with Crippen LogP contribution in [0.2, 0.25) is 0 Å². The Morgan fingerprint density at radius 3 is 1.11 bits per heavy atom. The number of ether oxygens (including phenoxy) is 4. The molecule has 0 fully saturated rings. The smallest absolute Gasteiger partial charge is 0.396 e. The van der Waals surface area contributed by atoms with Crippen LogP contribution in [0.3, 0.4) is 0 Å². The molecule has 0 aliphatic heterocycles. The summed E-state index contributed by atoms with van der Waals surface area (Å²) in [5.74, 6) is 0. The molecule has 0 unspecified atom stereocenters. The van der Waals surface area contributed by atoms with Crippen molar-refractivity contribution in [1.29, 1.82) is 0 Å². The van der Waals surface area contributed by atoms with E-state index in [1.54, 1.807) is 0 Å². The Morgan fingerprint density at radius 1 is 0.500 bits per heavy atom. The van der Waals surface area contributed by atoms with E-state index in [-0.39, 0.29) is 19.6 Å². The van der Waals surface area contributed by atoms with Gasteiger partial charge in [-0.3, -0.25) is 0 Å². The van der Waals surface area contributed by atoms with Crippen molar-refractivity contribution in [3.05, 3.63) is 0 Å². The summed E-state index contributed by atoms with van der Waals surface area (Å²) in [6.45, 7) is -9.18. The third-order valence-corrected chi connectivity index (χ3v) is 2.88. The molecular formula is C14H21F9O5. The molecular weight excluding hydrogens is 419 g/mol. The molecule has 0 saturated carbocycles. The lowest BCUT2D eigenvalue weighted by molar-refractivity contribution is -0.216. The molecule has 0 aliphatic rings. The number of aliphatic hydroxyl groups excluding tert-OH is 1. The number of halogens is 9. The lowest BCUT2D eigenvalue weighted by Gasteiger charge is -2.33. The zero-order valence-corrected chi connectivity index (χ0v) is 14.6. The molecule has 0 atom stereocenters. The van der Waals surface area contributed by atoms with Gasteiger partial charge in [-0.15, -0.1) is 0 Å². The predicted octanol–water partition coefficient (Wildman–Crippen LogP) is 3.11. The van der Waals surface area contributed by atoms with Gasteiger partial charge < -0.3 is 24.1 Å². The average molecular weight is 440 g/mol. The van der Waals surface area contributed by atoms with Gasteiger partial charge in [0.15, 0.2) is 0 Å². The first kappa shape index (κ1) is 27.2. The number of rotatable bonds is 14. The van der Waals surface area contributed by atoms with E-state index in [4.69, 9.17) is 9.84 Å². The van der Waals surface area contributed by atoms with Crippen LogP contribution in [-0.4, -0.2) is 83.1 Å². The molecule has 0 saturated heterocycles. The number of aliphatic hydroxyl groups is 1. The Labute approximate surface area is 154 Å². The predicted molar refractivity (Wildman–Crippen MR) is 75.6 cm³/mol. The summed E-state index contributed by atoms with van der Waals surface area (Å²) in [4.78, 5) is 0. The number of hydrogen-bond acceptors (Lipinski definition) is 5. The minimum Gasteiger partial charge on any atom is -0.396 e. The molecule has 0 heterocycles. The first-order valence-electron chi connectivity index (χ1n) is 7.80. The highest BCUT2D eigenvalue weighted by molar-refractivity contribution is 4.80. The summed E-state index contributed by atoms with van der Waals surface area (Å²) < 4.78 is 129. The molecule has 1 N–H and O–H groups in total. The summed E-state index contributed by atoms with van der Waals surface area (Å²) in [5, 5.41) is 8.66. The summed E-state index contributed by atoms with van der Waals surface area (Å²) >= 11 is 0. The number of hydrogen-bond donors (Lipinski definition) is 1. The summed E-state index contributed by atoms with van der Waals surface area (Å²) in [6, 6.07) is 0. The maximum Gasteiger partial charge on any atom is 0.411 e. The monoisotopic (exact) mass is 440 g/mol. The van der Waals surface area contributed by atoms with Crippen LogP contribution in [0.5, 0.6) is 0 Å². The van der Waals surface area contributed by atoms with Gasteiger partial charge >= 0.3 is 18.5 Å². The maximum atomic E-state index is 12.3. The van der Waals surface area contributed by atoms with Crippen molar-refractivity contribution in [2.75, 3.05) is 59.5 Å². The Kier molecular flexibility index (Phi) is 11.6. The third kappa shape index (κ3) is 16.2.